The number of likely N-dealkylation sites (tertiary alicyclic amines) is 1. The number of piperidine rings is 1. The lowest BCUT2D eigenvalue weighted by molar-refractivity contribution is 0.248. The van der Waals surface area contributed by atoms with Crippen molar-refractivity contribution in [3.8, 4) is 0 Å². The Balaban J connectivity index is 2.09. The van der Waals surface area contributed by atoms with Crippen molar-refractivity contribution in [1.29, 1.82) is 0 Å². The van der Waals surface area contributed by atoms with Gasteiger partial charge in [-0.15, -0.1) is 0 Å². The molecule has 1 aromatic carbocycles. The molecule has 0 amide bonds. The third kappa shape index (κ3) is 2.99. The zero-order valence-corrected chi connectivity index (χ0v) is 10.9. The number of likely N-dealkylation sites (N-methyl/N-ethyl adjacent to an activating group) is 2. The highest BCUT2D eigenvalue weighted by Gasteiger charge is 2.21. The van der Waals surface area contributed by atoms with Crippen LogP contribution in [0.3, 0.4) is 0 Å². The number of anilines is 1. The molecule has 0 bridgehead atoms. The van der Waals surface area contributed by atoms with Crippen LogP contribution in [0, 0.1) is 0 Å². The summed E-state index contributed by atoms with van der Waals surface area (Å²) in [7, 11) is 4.40. The number of hydrogen-bond acceptors (Lipinski definition) is 3. The van der Waals surface area contributed by atoms with Gasteiger partial charge in [0.2, 0.25) is 0 Å². The summed E-state index contributed by atoms with van der Waals surface area (Å²) < 4.78 is 0. The van der Waals surface area contributed by atoms with Gasteiger partial charge in [0, 0.05) is 31.9 Å². The maximum atomic E-state index is 5.69. The molecule has 1 fully saturated rings. The number of nitrogens with two attached hydrogens (primary N) is 1. The molecule has 0 radical (unpaired) electrons. The Labute approximate surface area is 104 Å². The molecule has 1 saturated heterocycles. The van der Waals surface area contributed by atoms with Crippen LogP contribution < -0.4 is 10.6 Å². The van der Waals surface area contributed by atoms with Gasteiger partial charge in [0.05, 0.1) is 0 Å². The van der Waals surface area contributed by atoms with E-state index in [1.54, 1.807) is 0 Å². The molecule has 1 aliphatic heterocycles. The summed E-state index contributed by atoms with van der Waals surface area (Å²) in [5.41, 5.74) is 8.18. The highest BCUT2D eigenvalue weighted by molar-refractivity contribution is 5.49. The maximum Gasteiger partial charge on any atom is 0.0414 e. The predicted molar refractivity (Wildman–Crippen MR) is 73.3 cm³/mol. The minimum Gasteiger partial charge on any atom is -0.370 e. The minimum atomic E-state index is 0.617. The number of hydrogen-bond donors (Lipinski definition) is 1. The van der Waals surface area contributed by atoms with Crippen LogP contribution in [-0.2, 0) is 6.54 Å². The molecule has 0 spiro atoms. The average Bonchev–Trinajstić information content (AvgIpc) is 2.38. The van der Waals surface area contributed by atoms with Gasteiger partial charge in [0.1, 0.15) is 0 Å². The standard InChI is InChI=1S/C14H23N3/c1-16-8-4-7-14(11-16)17(2)13-6-3-5-12(9-13)10-15/h3,5-6,9,14H,4,7-8,10-11,15H2,1-2H3. The Morgan fingerprint density at radius 1 is 1.47 bits per heavy atom. The number of benzene rings is 1. The highest BCUT2D eigenvalue weighted by atomic mass is 15.2. The van der Waals surface area contributed by atoms with E-state index in [0.717, 1.165) is 6.54 Å². The zero-order chi connectivity index (χ0) is 12.3. The summed E-state index contributed by atoms with van der Waals surface area (Å²) in [5.74, 6) is 0. The molecule has 1 aromatic rings. The molecule has 1 unspecified atom stereocenters. The quantitative estimate of drug-likeness (QED) is 0.862. The molecule has 3 nitrogen and oxygen atoms in total. The second-order valence-electron chi connectivity index (χ2n) is 5.04. The van der Waals surface area contributed by atoms with E-state index in [4.69, 9.17) is 5.73 Å². The van der Waals surface area contributed by atoms with E-state index in [1.165, 1.54) is 30.6 Å². The maximum absolute atomic E-state index is 5.69. The monoisotopic (exact) mass is 233 g/mol. The normalized spacial score (nSPS) is 21.5. The van der Waals surface area contributed by atoms with E-state index in [-0.39, 0.29) is 0 Å². The predicted octanol–water partition coefficient (Wildman–Crippen LogP) is 1.68. The molecule has 2 N–H and O–H groups in total. The van der Waals surface area contributed by atoms with Gasteiger partial charge in [-0.3, -0.25) is 0 Å². The molecule has 94 valence electrons. The Morgan fingerprint density at radius 3 is 3.00 bits per heavy atom. The third-order valence-corrected chi connectivity index (χ3v) is 3.70. The number of nitrogens with zero attached hydrogens (tertiary/aromatic N) is 2. The van der Waals surface area contributed by atoms with Gasteiger partial charge in [0.25, 0.3) is 0 Å². The van der Waals surface area contributed by atoms with Crippen LogP contribution in [0.4, 0.5) is 5.69 Å². The first-order valence-corrected chi connectivity index (χ1v) is 6.41. The van der Waals surface area contributed by atoms with Crippen molar-refractivity contribution >= 4 is 5.69 Å². The third-order valence-electron chi connectivity index (χ3n) is 3.70. The van der Waals surface area contributed by atoms with Crippen molar-refractivity contribution in [1.82, 2.24) is 4.90 Å². The average molecular weight is 233 g/mol. The fourth-order valence-electron chi connectivity index (χ4n) is 2.57. The Kier molecular flexibility index (Phi) is 4.02. The SMILES string of the molecule is CN1CCCC(N(C)c2cccc(CN)c2)C1. The van der Waals surface area contributed by atoms with Gasteiger partial charge in [-0.05, 0) is 44.1 Å². The van der Waals surface area contributed by atoms with Crippen LogP contribution in [-0.4, -0.2) is 38.1 Å². The van der Waals surface area contributed by atoms with Gasteiger partial charge in [0.15, 0.2) is 0 Å². The van der Waals surface area contributed by atoms with Crippen LogP contribution in [0.5, 0.6) is 0 Å². The largest absolute Gasteiger partial charge is 0.370 e. The summed E-state index contributed by atoms with van der Waals surface area (Å²) in [4.78, 5) is 4.81. The van der Waals surface area contributed by atoms with Gasteiger partial charge in [-0.25, -0.2) is 0 Å². The van der Waals surface area contributed by atoms with E-state index in [1.807, 2.05) is 0 Å². The molecule has 2 rings (SSSR count). The summed E-state index contributed by atoms with van der Waals surface area (Å²) >= 11 is 0. The van der Waals surface area contributed by atoms with Gasteiger partial charge in [-0.2, -0.15) is 0 Å². The van der Waals surface area contributed by atoms with E-state index >= 15 is 0 Å². The first-order valence-electron chi connectivity index (χ1n) is 6.41. The molecule has 1 aliphatic rings. The fraction of sp³-hybridized carbons (Fsp3) is 0.571. The Hall–Kier alpha value is -1.06. The van der Waals surface area contributed by atoms with Crippen molar-refractivity contribution in [3.63, 3.8) is 0 Å². The van der Waals surface area contributed by atoms with Crippen LogP contribution in [0.2, 0.25) is 0 Å². The molecule has 0 aromatic heterocycles. The second kappa shape index (κ2) is 5.52. The van der Waals surface area contributed by atoms with Crippen molar-refractivity contribution in [3.05, 3.63) is 29.8 Å². The minimum absolute atomic E-state index is 0.617. The Morgan fingerprint density at radius 2 is 2.29 bits per heavy atom. The van der Waals surface area contributed by atoms with Gasteiger partial charge in [-0.1, -0.05) is 12.1 Å². The summed E-state index contributed by atoms with van der Waals surface area (Å²) in [6.45, 7) is 3.00. The Bertz CT molecular complexity index is 364. The first-order chi connectivity index (χ1) is 8.20. The van der Waals surface area contributed by atoms with Crippen LogP contribution in [0.25, 0.3) is 0 Å². The molecular formula is C14H23N3. The highest BCUT2D eigenvalue weighted by Crippen LogP contribution is 2.21. The molecule has 0 aliphatic carbocycles. The molecule has 1 atom stereocenters. The van der Waals surface area contributed by atoms with E-state index in [0.29, 0.717) is 12.6 Å². The van der Waals surface area contributed by atoms with E-state index in [2.05, 4.69) is 48.2 Å². The second-order valence-corrected chi connectivity index (χ2v) is 5.04. The van der Waals surface area contributed by atoms with Crippen LogP contribution >= 0.6 is 0 Å². The van der Waals surface area contributed by atoms with Crippen molar-refractivity contribution in [2.75, 3.05) is 32.1 Å². The lowest BCUT2D eigenvalue weighted by atomic mass is 10.0. The first kappa shape index (κ1) is 12.4. The molecule has 1 heterocycles. The number of rotatable bonds is 3. The lowest BCUT2D eigenvalue weighted by Crippen LogP contribution is -2.45. The lowest BCUT2D eigenvalue weighted by Gasteiger charge is -2.37. The van der Waals surface area contributed by atoms with Crippen LogP contribution in [0.15, 0.2) is 24.3 Å². The summed E-state index contributed by atoms with van der Waals surface area (Å²) in [6.07, 6.45) is 2.58. The summed E-state index contributed by atoms with van der Waals surface area (Å²) in [5, 5.41) is 0. The molecule has 17 heavy (non-hydrogen) atoms. The van der Waals surface area contributed by atoms with Gasteiger partial charge >= 0.3 is 0 Å². The molecule has 0 saturated carbocycles. The van der Waals surface area contributed by atoms with Crippen LogP contribution in [0.1, 0.15) is 18.4 Å². The molecular weight excluding hydrogens is 210 g/mol. The smallest absolute Gasteiger partial charge is 0.0414 e. The molecule has 3 heteroatoms. The summed E-state index contributed by atoms with van der Waals surface area (Å²) in [6, 6.07) is 9.19. The van der Waals surface area contributed by atoms with Crippen molar-refractivity contribution in [2.24, 2.45) is 5.73 Å². The fourth-order valence-corrected chi connectivity index (χ4v) is 2.57. The van der Waals surface area contributed by atoms with E-state index < -0.39 is 0 Å². The van der Waals surface area contributed by atoms with Gasteiger partial charge < -0.3 is 15.5 Å². The van der Waals surface area contributed by atoms with Crippen molar-refractivity contribution < 1.29 is 0 Å². The zero-order valence-electron chi connectivity index (χ0n) is 10.9. The topological polar surface area (TPSA) is 32.5 Å². The van der Waals surface area contributed by atoms with Crippen molar-refractivity contribution in [2.45, 2.75) is 25.4 Å². The van der Waals surface area contributed by atoms with E-state index in [9.17, 15) is 0 Å².